The van der Waals surface area contributed by atoms with Gasteiger partial charge in [0.25, 0.3) is 0 Å². The first-order valence-corrected chi connectivity index (χ1v) is 3.76. The molecule has 0 aliphatic carbocycles. The molecule has 1 radical (unpaired) electrons. The van der Waals surface area contributed by atoms with Crippen LogP contribution in [0.4, 0.5) is 0 Å². The van der Waals surface area contributed by atoms with E-state index in [9.17, 15) is 4.79 Å². The fourth-order valence-corrected chi connectivity index (χ4v) is 0.801. The van der Waals surface area contributed by atoms with Crippen molar-refractivity contribution in [3.8, 4) is 0 Å². The molecule has 0 saturated carbocycles. The molecule has 0 aliphatic rings. The van der Waals surface area contributed by atoms with Gasteiger partial charge in [0.15, 0.2) is 0 Å². The Morgan fingerprint density at radius 2 is 1.80 bits per heavy atom. The van der Waals surface area contributed by atoms with Crippen molar-refractivity contribution < 1.29 is 4.79 Å². The monoisotopic (exact) mass is 151 g/mol. The third kappa shape index (κ3) is 11.5. The molecule has 0 fully saturated rings. The Labute approximate surface area is 85.9 Å². The zero-order chi connectivity index (χ0) is 7.11. The fourth-order valence-electron chi connectivity index (χ4n) is 0.801. The van der Waals surface area contributed by atoms with E-state index in [2.05, 4.69) is 6.92 Å². The van der Waals surface area contributed by atoms with E-state index in [1.54, 1.807) is 6.92 Å². The molecule has 0 aromatic heterocycles. The van der Waals surface area contributed by atoms with E-state index < -0.39 is 0 Å². The molecule has 0 unspecified atom stereocenters. The summed E-state index contributed by atoms with van der Waals surface area (Å²) in [7, 11) is 0. The molecule has 0 amide bonds. The summed E-state index contributed by atoms with van der Waals surface area (Å²) in [6, 6.07) is 0. The van der Waals surface area contributed by atoms with E-state index in [1.165, 1.54) is 19.3 Å². The Kier molecular flexibility index (Phi) is 12.8. The molecule has 0 N–H and O–H groups in total. The number of carbonyl (C=O) groups is 1. The van der Waals surface area contributed by atoms with Crippen LogP contribution >= 0.6 is 0 Å². The van der Waals surface area contributed by atoms with Gasteiger partial charge in [-0.1, -0.05) is 26.2 Å². The SMILES string of the molecule is CCCCCCC(C)=O.[Na]. The van der Waals surface area contributed by atoms with Gasteiger partial charge in [-0.25, -0.2) is 0 Å². The molecule has 0 heterocycles. The maximum absolute atomic E-state index is 10.4. The third-order valence-electron chi connectivity index (χ3n) is 1.38. The minimum Gasteiger partial charge on any atom is -0.300 e. The van der Waals surface area contributed by atoms with Gasteiger partial charge < -0.3 is 4.79 Å². The summed E-state index contributed by atoms with van der Waals surface area (Å²) in [6.45, 7) is 3.83. The maximum atomic E-state index is 10.4. The normalized spacial score (nSPS) is 8.60. The summed E-state index contributed by atoms with van der Waals surface area (Å²) in [4.78, 5) is 10.4. The van der Waals surface area contributed by atoms with E-state index in [0.717, 1.165) is 12.8 Å². The van der Waals surface area contributed by atoms with Crippen LogP contribution < -0.4 is 0 Å². The van der Waals surface area contributed by atoms with Crippen LogP contribution in [0.5, 0.6) is 0 Å². The second kappa shape index (κ2) is 9.67. The summed E-state index contributed by atoms with van der Waals surface area (Å²) in [5, 5.41) is 0. The Morgan fingerprint density at radius 3 is 2.20 bits per heavy atom. The van der Waals surface area contributed by atoms with E-state index in [4.69, 9.17) is 0 Å². The van der Waals surface area contributed by atoms with E-state index >= 15 is 0 Å². The largest absolute Gasteiger partial charge is 0.300 e. The Bertz CT molecular complexity index is 81.3. The predicted molar refractivity (Wildman–Crippen MR) is 45.2 cm³/mol. The number of unbranched alkanes of at least 4 members (excludes halogenated alkanes) is 3. The van der Waals surface area contributed by atoms with Gasteiger partial charge in [0.05, 0.1) is 0 Å². The summed E-state index contributed by atoms with van der Waals surface area (Å²) >= 11 is 0. The summed E-state index contributed by atoms with van der Waals surface area (Å²) in [6.07, 6.45) is 5.60. The molecule has 0 rings (SSSR count). The Balaban J connectivity index is 0. The van der Waals surface area contributed by atoms with Gasteiger partial charge in [-0.2, -0.15) is 0 Å². The molecule has 0 saturated heterocycles. The summed E-state index contributed by atoms with van der Waals surface area (Å²) < 4.78 is 0. The Hall–Kier alpha value is 0.670. The second-order valence-electron chi connectivity index (χ2n) is 2.51. The zero-order valence-corrected chi connectivity index (χ0v) is 9.44. The molecule has 0 atom stereocenters. The van der Waals surface area contributed by atoms with Crippen molar-refractivity contribution in [3.63, 3.8) is 0 Å². The topological polar surface area (TPSA) is 17.1 Å². The van der Waals surface area contributed by atoms with Crippen LogP contribution in [0.15, 0.2) is 0 Å². The van der Waals surface area contributed by atoms with Crippen LogP contribution in [0.3, 0.4) is 0 Å². The first-order chi connectivity index (χ1) is 4.27. The van der Waals surface area contributed by atoms with Crippen LogP contribution in [0, 0.1) is 0 Å². The van der Waals surface area contributed by atoms with Gasteiger partial charge in [0.1, 0.15) is 5.78 Å². The predicted octanol–water partition coefficient (Wildman–Crippen LogP) is 2.17. The summed E-state index contributed by atoms with van der Waals surface area (Å²) in [5.74, 6) is 0.325. The second-order valence-corrected chi connectivity index (χ2v) is 2.51. The molecule has 0 bridgehead atoms. The molecule has 0 spiro atoms. The third-order valence-corrected chi connectivity index (χ3v) is 1.38. The van der Waals surface area contributed by atoms with Crippen molar-refractivity contribution in [1.29, 1.82) is 0 Å². The maximum Gasteiger partial charge on any atom is 0.129 e. The molecule has 0 aromatic rings. The van der Waals surface area contributed by atoms with Gasteiger partial charge in [0.2, 0.25) is 0 Å². The molecule has 0 aliphatic heterocycles. The van der Waals surface area contributed by atoms with Crippen LogP contribution in [-0.2, 0) is 4.79 Å². The average molecular weight is 151 g/mol. The van der Waals surface area contributed by atoms with Gasteiger partial charge in [-0.05, 0) is 13.3 Å². The number of ketones is 1. The molecule has 2 heteroatoms. The van der Waals surface area contributed by atoms with Crippen molar-refractivity contribution in [2.45, 2.75) is 46.0 Å². The first-order valence-electron chi connectivity index (χ1n) is 3.76. The van der Waals surface area contributed by atoms with Crippen LogP contribution in [0.2, 0.25) is 0 Å². The number of carbonyl (C=O) groups excluding carboxylic acids is 1. The summed E-state index contributed by atoms with van der Waals surface area (Å²) in [5.41, 5.74) is 0. The van der Waals surface area contributed by atoms with Crippen molar-refractivity contribution in [2.75, 3.05) is 0 Å². The van der Waals surface area contributed by atoms with Gasteiger partial charge in [-0.3, -0.25) is 0 Å². The standard InChI is InChI=1S/C8H16O.Na/c1-3-4-5-6-7-8(2)9;/h3-7H2,1-2H3;. The first kappa shape index (κ1) is 13.3. The van der Waals surface area contributed by atoms with E-state index in [-0.39, 0.29) is 29.6 Å². The van der Waals surface area contributed by atoms with Gasteiger partial charge >= 0.3 is 0 Å². The van der Waals surface area contributed by atoms with Crippen LogP contribution in [-0.4, -0.2) is 35.3 Å². The van der Waals surface area contributed by atoms with Gasteiger partial charge in [-0.15, -0.1) is 0 Å². The van der Waals surface area contributed by atoms with E-state index in [0.29, 0.717) is 5.78 Å². The quantitative estimate of drug-likeness (QED) is 0.434. The number of hydrogen-bond donors (Lipinski definition) is 0. The van der Waals surface area contributed by atoms with Crippen molar-refractivity contribution in [3.05, 3.63) is 0 Å². The molecular formula is C8H16NaO. The number of Topliss-reactive ketones (excluding diaryl/α,β-unsaturated/α-hetero) is 1. The van der Waals surface area contributed by atoms with Crippen molar-refractivity contribution in [1.82, 2.24) is 0 Å². The molecule has 1 nitrogen and oxygen atoms in total. The van der Waals surface area contributed by atoms with Crippen molar-refractivity contribution in [2.24, 2.45) is 0 Å². The zero-order valence-electron chi connectivity index (χ0n) is 7.44. The fraction of sp³-hybridized carbons (Fsp3) is 0.875. The molecular weight excluding hydrogens is 135 g/mol. The molecule has 55 valence electrons. The smallest absolute Gasteiger partial charge is 0.129 e. The van der Waals surface area contributed by atoms with Crippen LogP contribution in [0.25, 0.3) is 0 Å². The average Bonchev–Trinajstić information content (AvgIpc) is 1.80. The Morgan fingerprint density at radius 1 is 1.20 bits per heavy atom. The number of hydrogen-bond acceptors (Lipinski definition) is 1. The molecule has 10 heavy (non-hydrogen) atoms. The van der Waals surface area contributed by atoms with Crippen molar-refractivity contribution >= 4 is 35.3 Å². The van der Waals surface area contributed by atoms with E-state index in [1.807, 2.05) is 0 Å². The van der Waals surface area contributed by atoms with Crippen LogP contribution in [0.1, 0.15) is 46.0 Å². The molecule has 0 aromatic carbocycles. The minimum atomic E-state index is 0. The minimum absolute atomic E-state index is 0. The number of rotatable bonds is 5. The van der Waals surface area contributed by atoms with Gasteiger partial charge in [0, 0.05) is 36.0 Å².